The van der Waals surface area contributed by atoms with Gasteiger partial charge in [-0.2, -0.15) is 0 Å². The van der Waals surface area contributed by atoms with E-state index in [9.17, 15) is 19.5 Å². The molecule has 0 heterocycles. The van der Waals surface area contributed by atoms with Crippen LogP contribution in [0.5, 0.6) is 0 Å². The van der Waals surface area contributed by atoms with Crippen molar-refractivity contribution in [1.82, 2.24) is 10.4 Å². The molecule has 8 heteroatoms. The maximum Gasteiger partial charge on any atom is 0.417 e. The molecule has 0 unspecified atom stereocenters. The number of imide groups is 1. The van der Waals surface area contributed by atoms with Crippen molar-refractivity contribution in [1.29, 1.82) is 0 Å². The van der Waals surface area contributed by atoms with E-state index in [1.807, 2.05) is 20.8 Å². The maximum atomic E-state index is 12.0. The first-order valence-electron chi connectivity index (χ1n) is 7.97. The molecule has 0 aliphatic rings. The number of rotatable bonds is 9. The van der Waals surface area contributed by atoms with Crippen molar-refractivity contribution >= 4 is 18.5 Å². The van der Waals surface area contributed by atoms with E-state index in [0.29, 0.717) is 24.3 Å². The Bertz CT molecular complexity index is 425. The second-order valence-electron chi connectivity index (χ2n) is 7.45. The predicted octanol–water partition coefficient (Wildman–Crippen LogP) is 2.32. The van der Waals surface area contributed by atoms with Gasteiger partial charge in [0.25, 0.3) is 0 Å². The van der Waals surface area contributed by atoms with Gasteiger partial charge >= 0.3 is 12.1 Å². The van der Waals surface area contributed by atoms with Gasteiger partial charge in [0, 0.05) is 6.54 Å². The van der Waals surface area contributed by atoms with Gasteiger partial charge in [-0.1, -0.05) is 0 Å². The minimum atomic E-state index is -1.25. The van der Waals surface area contributed by atoms with Crippen LogP contribution >= 0.6 is 0 Å². The summed E-state index contributed by atoms with van der Waals surface area (Å²) < 4.78 is 5.06. The summed E-state index contributed by atoms with van der Waals surface area (Å²) in [6.07, 6.45) is 0.531. The highest BCUT2D eigenvalue weighted by molar-refractivity contribution is 5.88. The molecular weight excluding hydrogens is 316 g/mol. The van der Waals surface area contributed by atoms with E-state index in [1.54, 1.807) is 20.8 Å². The summed E-state index contributed by atoms with van der Waals surface area (Å²) in [6, 6.07) is -1.25. The lowest BCUT2D eigenvalue weighted by Crippen LogP contribution is -2.46. The molecule has 2 amide bonds. The molecule has 0 rings (SSSR count). The molecule has 140 valence electrons. The van der Waals surface area contributed by atoms with Crippen molar-refractivity contribution in [2.45, 2.75) is 78.0 Å². The number of carboxylic acid groups (broad SMARTS) is 1. The Labute approximate surface area is 143 Å². The number of amides is 2. The zero-order chi connectivity index (χ0) is 19.0. The van der Waals surface area contributed by atoms with Crippen LogP contribution in [0.1, 0.15) is 60.8 Å². The van der Waals surface area contributed by atoms with E-state index < -0.39 is 23.7 Å². The highest BCUT2D eigenvalue weighted by Gasteiger charge is 2.32. The Morgan fingerprint density at radius 3 is 2.12 bits per heavy atom. The summed E-state index contributed by atoms with van der Waals surface area (Å²) in [5.41, 5.74) is 1.68. The van der Waals surface area contributed by atoms with E-state index >= 15 is 0 Å². The van der Waals surface area contributed by atoms with Crippen LogP contribution in [0.4, 0.5) is 4.79 Å². The molecule has 0 aromatic rings. The van der Waals surface area contributed by atoms with Gasteiger partial charge in [-0.25, -0.2) is 20.0 Å². The molecule has 0 radical (unpaired) electrons. The average molecular weight is 346 g/mol. The molecule has 0 aliphatic carbocycles. The van der Waals surface area contributed by atoms with Crippen LogP contribution in [0.3, 0.4) is 0 Å². The van der Waals surface area contributed by atoms with E-state index in [-0.39, 0.29) is 18.4 Å². The van der Waals surface area contributed by atoms with E-state index in [2.05, 4.69) is 5.48 Å². The number of carbonyl (C=O) groups is 3. The Hall–Kier alpha value is -1.67. The van der Waals surface area contributed by atoms with Crippen LogP contribution in [-0.4, -0.2) is 52.3 Å². The van der Waals surface area contributed by atoms with Crippen molar-refractivity contribution < 1.29 is 29.1 Å². The van der Waals surface area contributed by atoms with Crippen LogP contribution < -0.4 is 5.48 Å². The molecule has 0 saturated heterocycles. The van der Waals surface area contributed by atoms with Crippen molar-refractivity contribution in [3.05, 3.63) is 0 Å². The van der Waals surface area contributed by atoms with Gasteiger partial charge < -0.3 is 9.84 Å². The maximum absolute atomic E-state index is 12.0. The number of carboxylic acids is 1. The first-order chi connectivity index (χ1) is 10.9. The van der Waals surface area contributed by atoms with Crippen LogP contribution in [0.25, 0.3) is 0 Å². The molecule has 8 nitrogen and oxygen atoms in total. The summed E-state index contributed by atoms with van der Waals surface area (Å²) in [7, 11) is 0. The van der Waals surface area contributed by atoms with Crippen LogP contribution in [0.15, 0.2) is 0 Å². The minimum Gasteiger partial charge on any atom is -0.480 e. The predicted molar refractivity (Wildman–Crippen MR) is 88.3 cm³/mol. The van der Waals surface area contributed by atoms with Crippen LogP contribution in [0, 0.1) is 0 Å². The van der Waals surface area contributed by atoms with Crippen LogP contribution in [0.2, 0.25) is 0 Å². The SMILES string of the molecule is CC(C)(C)ONCCCC[C@H](C(=O)O)N(C=O)C(=O)OC(C)(C)C. The quantitative estimate of drug-likeness (QED) is 0.375. The summed E-state index contributed by atoms with van der Waals surface area (Å²) >= 11 is 0. The highest BCUT2D eigenvalue weighted by atomic mass is 16.7. The molecule has 0 spiro atoms. The number of unbranched alkanes of at least 4 members (excludes halogenated alkanes) is 1. The van der Waals surface area contributed by atoms with Gasteiger partial charge in [-0.3, -0.25) is 9.63 Å². The number of hydrogen-bond donors (Lipinski definition) is 2. The third-order valence-electron chi connectivity index (χ3n) is 2.72. The molecule has 0 aromatic carbocycles. The molecule has 24 heavy (non-hydrogen) atoms. The Morgan fingerprint density at radius 2 is 1.71 bits per heavy atom. The first-order valence-corrected chi connectivity index (χ1v) is 7.97. The molecule has 0 saturated carbocycles. The lowest BCUT2D eigenvalue weighted by Gasteiger charge is -2.27. The average Bonchev–Trinajstić information content (AvgIpc) is 2.37. The summed E-state index contributed by atoms with van der Waals surface area (Å²) in [6.45, 7) is 11.2. The van der Waals surface area contributed by atoms with Crippen LogP contribution in [-0.2, 0) is 19.2 Å². The van der Waals surface area contributed by atoms with Gasteiger partial charge in [-0.05, 0) is 60.8 Å². The molecular formula is C16H30N2O6. The molecule has 0 bridgehead atoms. The monoisotopic (exact) mass is 346 g/mol. The number of carbonyl (C=O) groups excluding carboxylic acids is 2. The van der Waals surface area contributed by atoms with Gasteiger partial charge in [0.15, 0.2) is 0 Å². The van der Waals surface area contributed by atoms with Crippen molar-refractivity contribution in [2.75, 3.05) is 6.54 Å². The highest BCUT2D eigenvalue weighted by Crippen LogP contribution is 2.14. The molecule has 1 atom stereocenters. The fourth-order valence-corrected chi connectivity index (χ4v) is 1.74. The zero-order valence-electron chi connectivity index (χ0n) is 15.4. The number of aliphatic carboxylic acids is 1. The largest absolute Gasteiger partial charge is 0.480 e. The Morgan fingerprint density at radius 1 is 1.12 bits per heavy atom. The van der Waals surface area contributed by atoms with Crippen molar-refractivity contribution in [2.24, 2.45) is 0 Å². The van der Waals surface area contributed by atoms with E-state index in [4.69, 9.17) is 9.57 Å². The van der Waals surface area contributed by atoms with Gasteiger partial charge in [-0.15, -0.1) is 0 Å². The fraction of sp³-hybridized carbons (Fsp3) is 0.812. The third-order valence-corrected chi connectivity index (χ3v) is 2.72. The second kappa shape index (κ2) is 9.58. The van der Waals surface area contributed by atoms with Gasteiger partial charge in [0.1, 0.15) is 11.6 Å². The van der Waals surface area contributed by atoms with E-state index in [0.717, 1.165) is 0 Å². The lowest BCUT2D eigenvalue weighted by molar-refractivity contribution is -0.146. The summed E-state index contributed by atoms with van der Waals surface area (Å²) in [5, 5.41) is 9.28. The minimum absolute atomic E-state index is 0.143. The normalized spacial score (nSPS) is 13.2. The number of ether oxygens (including phenoxy) is 1. The fourth-order valence-electron chi connectivity index (χ4n) is 1.74. The molecule has 0 aromatic heterocycles. The summed E-state index contributed by atoms with van der Waals surface area (Å²) in [4.78, 5) is 40.4. The lowest BCUT2D eigenvalue weighted by atomic mass is 10.1. The first kappa shape index (κ1) is 22.3. The van der Waals surface area contributed by atoms with Crippen molar-refractivity contribution in [3.8, 4) is 0 Å². The topological polar surface area (TPSA) is 105 Å². The number of hydroxylamine groups is 1. The molecule has 0 fully saturated rings. The smallest absolute Gasteiger partial charge is 0.417 e. The second-order valence-corrected chi connectivity index (χ2v) is 7.45. The third kappa shape index (κ3) is 10.2. The van der Waals surface area contributed by atoms with Crippen molar-refractivity contribution in [3.63, 3.8) is 0 Å². The number of hydrogen-bond acceptors (Lipinski definition) is 6. The Balaban J connectivity index is 4.49. The zero-order valence-corrected chi connectivity index (χ0v) is 15.4. The summed E-state index contributed by atoms with van der Waals surface area (Å²) in [5.74, 6) is -1.24. The number of nitrogens with one attached hydrogen (secondary N) is 1. The molecule has 0 aliphatic heterocycles. The van der Waals surface area contributed by atoms with Gasteiger partial charge in [0.05, 0.1) is 5.60 Å². The standard InChI is InChI=1S/C16H30N2O6/c1-15(2,3)23-14(22)18(11-19)12(13(20)21)9-7-8-10-17-24-16(4,5)6/h11-12,17H,7-10H2,1-6H3,(H,20,21)/t12-/m1/s1. The molecule has 2 N–H and O–H groups in total. The van der Waals surface area contributed by atoms with E-state index in [1.165, 1.54) is 0 Å². The Kier molecular flexibility index (Phi) is 8.92. The number of nitrogens with zero attached hydrogens (tertiary/aromatic N) is 1. The van der Waals surface area contributed by atoms with Gasteiger partial charge in [0.2, 0.25) is 6.41 Å².